The predicted molar refractivity (Wildman–Crippen MR) is 80.1 cm³/mol. The third-order valence-electron chi connectivity index (χ3n) is 3.35. The molecule has 22 heavy (non-hydrogen) atoms. The number of rotatable bonds is 5. The van der Waals surface area contributed by atoms with E-state index in [1.165, 1.54) is 12.1 Å². The number of carbonyl (C=O) groups is 1. The Morgan fingerprint density at radius 1 is 1.09 bits per heavy atom. The van der Waals surface area contributed by atoms with Crippen LogP contribution in [0.15, 0.2) is 48.5 Å². The van der Waals surface area contributed by atoms with Crippen LogP contribution in [0, 0.1) is 6.92 Å². The maximum absolute atomic E-state index is 12.4. The summed E-state index contributed by atoms with van der Waals surface area (Å²) in [6.07, 6.45) is 0. The number of hydrogen-bond donors (Lipinski definition) is 1. The lowest BCUT2D eigenvalue weighted by atomic mass is 10.0. The fourth-order valence-corrected chi connectivity index (χ4v) is 2.28. The molecule has 0 aliphatic carbocycles. The van der Waals surface area contributed by atoms with Crippen molar-refractivity contribution in [3.8, 4) is 5.75 Å². The van der Waals surface area contributed by atoms with Crippen molar-refractivity contribution >= 4 is 5.91 Å². The van der Waals surface area contributed by atoms with Gasteiger partial charge in [0.25, 0.3) is 5.91 Å². The smallest absolute Gasteiger partial charge is 0.387 e. The van der Waals surface area contributed by atoms with Gasteiger partial charge in [-0.15, -0.1) is 0 Å². The number of hydrogen-bond acceptors (Lipinski definition) is 2. The highest BCUT2D eigenvalue weighted by Gasteiger charge is 2.18. The van der Waals surface area contributed by atoms with Crippen LogP contribution in [0.3, 0.4) is 0 Å². The molecule has 3 nitrogen and oxygen atoms in total. The fourth-order valence-electron chi connectivity index (χ4n) is 2.28. The Kier molecular flexibility index (Phi) is 5.09. The summed E-state index contributed by atoms with van der Waals surface area (Å²) in [4.78, 5) is 12.3. The monoisotopic (exact) mass is 305 g/mol. The van der Waals surface area contributed by atoms with Crippen LogP contribution < -0.4 is 10.1 Å². The minimum Gasteiger partial charge on any atom is -0.434 e. The molecule has 0 radical (unpaired) electrons. The van der Waals surface area contributed by atoms with E-state index >= 15 is 0 Å². The number of amides is 1. The molecule has 2 aromatic rings. The van der Waals surface area contributed by atoms with Gasteiger partial charge in [-0.1, -0.05) is 36.4 Å². The van der Waals surface area contributed by atoms with Gasteiger partial charge in [-0.05, 0) is 37.1 Å². The Hall–Kier alpha value is -2.43. The van der Waals surface area contributed by atoms with Gasteiger partial charge in [-0.25, -0.2) is 0 Å². The summed E-state index contributed by atoms with van der Waals surface area (Å²) in [6, 6.07) is 13.4. The number of halogens is 2. The van der Waals surface area contributed by atoms with E-state index in [4.69, 9.17) is 0 Å². The first-order chi connectivity index (χ1) is 10.5. The summed E-state index contributed by atoms with van der Waals surface area (Å²) in [5.41, 5.74) is 2.11. The first-order valence-electron chi connectivity index (χ1n) is 6.89. The summed E-state index contributed by atoms with van der Waals surface area (Å²) >= 11 is 0. The second kappa shape index (κ2) is 7.02. The number of ether oxygens (including phenoxy) is 1. The van der Waals surface area contributed by atoms with Gasteiger partial charge in [0.15, 0.2) is 0 Å². The van der Waals surface area contributed by atoms with Crippen LogP contribution in [0.4, 0.5) is 8.78 Å². The zero-order valence-electron chi connectivity index (χ0n) is 12.3. The van der Waals surface area contributed by atoms with Crippen LogP contribution in [0.2, 0.25) is 0 Å². The van der Waals surface area contributed by atoms with Crippen molar-refractivity contribution in [1.82, 2.24) is 5.32 Å². The Bertz CT molecular complexity index is 659. The lowest BCUT2D eigenvalue weighted by molar-refractivity contribution is -0.0501. The Labute approximate surface area is 127 Å². The average Bonchev–Trinajstić information content (AvgIpc) is 2.47. The number of para-hydroxylation sites is 1. The molecule has 0 saturated heterocycles. The van der Waals surface area contributed by atoms with Gasteiger partial charge in [0.1, 0.15) is 5.75 Å². The molecule has 0 aliphatic rings. The molecule has 0 bridgehead atoms. The Balaban J connectivity index is 2.17. The van der Waals surface area contributed by atoms with Gasteiger partial charge >= 0.3 is 6.61 Å². The Morgan fingerprint density at radius 2 is 1.73 bits per heavy atom. The molecule has 0 fully saturated rings. The SMILES string of the molecule is Cc1ccccc1C(C)NC(=O)c1ccccc1OC(F)F. The first-order valence-corrected chi connectivity index (χ1v) is 6.89. The van der Waals surface area contributed by atoms with Gasteiger partial charge in [0.05, 0.1) is 11.6 Å². The highest BCUT2D eigenvalue weighted by atomic mass is 19.3. The summed E-state index contributed by atoms with van der Waals surface area (Å²) < 4.78 is 29.2. The lowest BCUT2D eigenvalue weighted by Crippen LogP contribution is -2.27. The zero-order valence-corrected chi connectivity index (χ0v) is 12.3. The fraction of sp³-hybridized carbons (Fsp3) is 0.235. The maximum atomic E-state index is 12.4. The number of nitrogens with one attached hydrogen (secondary N) is 1. The molecule has 2 aromatic carbocycles. The summed E-state index contributed by atoms with van der Waals surface area (Å²) in [5.74, 6) is -0.584. The minimum absolute atomic E-state index is 0.0863. The second-order valence-corrected chi connectivity index (χ2v) is 4.93. The van der Waals surface area contributed by atoms with Crippen LogP contribution in [0.25, 0.3) is 0 Å². The quantitative estimate of drug-likeness (QED) is 0.903. The zero-order chi connectivity index (χ0) is 16.1. The molecule has 1 N–H and O–H groups in total. The largest absolute Gasteiger partial charge is 0.434 e. The van der Waals surface area contributed by atoms with Gasteiger partial charge < -0.3 is 10.1 Å². The molecule has 1 amide bonds. The molecule has 116 valence electrons. The number of alkyl halides is 2. The highest BCUT2D eigenvalue weighted by Crippen LogP contribution is 2.22. The standard InChI is InChI=1S/C17H17F2NO2/c1-11-7-3-4-8-13(11)12(2)20-16(21)14-9-5-6-10-15(14)22-17(18)19/h3-10,12,17H,1-2H3,(H,20,21). The van der Waals surface area contributed by atoms with E-state index in [9.17, 15) is 13.6 Å². The normalized spacial score (nSPS) is 12.0. The Morgan fingerprint density at radius 3 is 2.41 bits per heavy atom. The second-order valence-electron chi connectivity index (χ2n) is 4.93. The van der Waals surface area contributed by atoms with Crippen molar-refractivity contribution in [2.75, 3.05) is 0 Å². The van der Waals surface area contributed by atoms with E-state index in [1.807, 2.05) is 38.1 Å². The topological polar surface area (TPSA) is 38.3 Å². The van der Waals surface area contributed by atoms with E-state index in [2.05, 4.69) is 10.1 Å². The van der Waals surface area contributed by atoms with Crippen LogP contribution in [-0.4, -0.2) is 12.5 Å². The van der Waals surface area contributed by atoms with Crippen molar-refractivity contribution in [3.05, 3.63) is 65.2 Å². The van der Waals surface area contributed by atoms with Crippen LogP contribution in [0.5, 0.6) is 5.75 Å². The molecule has 2 rings (SSSR count). The molecule has 0 saturated carbocycles. The molecule has 1 unspecified atom stereocenters. The van der Waals surface area contributed by atoms with Crippen molar-refractivity contribution in [3.63, 3.8) is 0 Å². The molecular weight excluding hydrogens is 288 g/mol. The number of carbonyl (C=O) groups excluding carboxylic acids is 1. The van der Waals surface area contributed by atoms with Crippen molar-refractivity contribution in [2.45, 2.75) is 26.5 Å². The van der Waals surface area contributed by atoms with Gasteiger partial charge in [0, 0.05) is 0 Å². The molecule has 0 aromatic heterocycles. The van der Waals surface area contributed by atoms with Gasteiger partial charge in [-0.3, -0.25) is 4.79 Å². The van der Waals surface area contributed by atoms with E-state index in [-0.39, 0.29) is 17.4 Å². The lowest BCUT2D eigenvalue weighted by Gasteiger charge is -2.17. The van der Waals surface area contributed by atoms with Gasteiger partial charge in [0.2, 0.25) is 0 Å². The van der Waals surface area contributed by atoms with Crippen LogP contribution >= 0.6 is 0 Å². The molecule has 0 spiro atoms. The number of aryl methyl sites for hydroxylation is 1. The summed E-state index contributed by atoms with van der Waals surface area (Å²) in [7, 11) is 0. The van der Waals surface area contributed by atoms with E-state index in [1.54, 1.807) is 12.1 Å². The van der Waals surface area contributed by atoms with Crippen molar-refractivity contribution in [2.24, 2.45) is 0 Å². The highest BCUT2D eigenvalue weighted by molar-refractivity contribution is 5.97. The number of benzene rings is 2. The molecule has 5 heteroatoms. The van der Waals surface area contributed by atoms with Gasteiger partial charge in [-0.2, -0.15) is 8.78 Å². The van der Waals surface area contributed by atoms with E-state index in [0.29, 0.717) is 0 Å². The summed E-state index contributed by atoms with van der Waals surface area (Å²) in [5, 5.41) is 2.80. The van der Waals surface area contributed by atoms with E-state index in [0.717, 1.165) is 11.1 Å². The summed E-state index contributed by atoms with van der Waals surface area (Å²) in [6.45, 7) is 0.825. The molecule has 0 aliphatic heterocycles. The first kappa shape index (κ1) is 15.9. The third-order valence-corrected chi connectivity index (χ3v) is 3.35. The predicted octanol–water partition coefficient (Wildman–Crippen LogP) is 4.09. The van der Waals surface area contributed by atoms with Crippen LogP contribution in [-0.2, 0) is 0 Å². The van der Waals surface area contributed by atoms with Crippen LogP contribution in [0.1, 0.15) is 34.5 Å². The third kappa shape index (κ3) is 3.81. The molecular formula is C17H17F2NO2. The molecule has 0 heterocycles. The van der Waals surface area contributed by atoms with Crippen molar-refractivity contribution in [1.29, 1.82) is 0 Å². The molecule has 1 atom stereocenters. The van der Waals surface area contributed by atoms with Crippen molar-refractivity contribution < 1.29 is 18.3 Å². The minimum atomic E-state index is -2.97. The average molecular weight is 305 g/mol. The maximum Gasteiger partial charge on any atom is 0.387 e. The van der Waals surface area contributed by atoms with E-state index < -0.39 is 12.5 Å².